The molecule has 1 heterocycles. The van der Waals surface area contributed by atoms with E-state index in [9.17, 15) is 0 Å². The number of nitrogens with zero attached hydrogens (tertiary/aromatic N) is 1. The van der Waals surface area contributed by atoms with Gasteiger partial charge in [0.15, 0.2) is 0 Å². The molecule has 1 saturated heterocycles. The van der Waals surface area contributed by atoms with Crippen LogP contribution in [0, 0.1) is 7.05 Å². The first-order valence-electron chi connectivity index (χ1n) is 5.64. The van der Waals surface area contributed by atoms with Crippen LogP contribution in [0.1, 0.15) is 12.8 Å². The van der Waals surface area contributed by atoms with Crippen molar-refractivity contribution in [3.8, 4) is 11.5 Å². The van der Waals surface area contributed by atoms with Gasteiger partial charge in [-0.15, -0.1) is 0 Å². The molecule has 1 unspecified atom stereocenters. The molecule has 0 aliphatic carbocycles. The van der Waals surface area contributed by atoms with Gasteiger partial charge in [0.05, 0.1) is 7.11 Å². The Labute approximate surface area is 97.0 Å². The predicted octanol–water partition coefficient (Wildman–Crippen LogP) is 2.33. The van der Waals surface area contributed by atoms with E-state index in [4.69, 9.17) is 9.47 Å². The molecular weight excluding hydrogens is 202 g/mol. The van der Waals surface area contributed by atoms with E-state index in [1.54, 1.807) is 7.11 Å². The molecule has 88 valence electrons. The lowest BCUT2D eigenvalue weighted by molar-refractivity contribution is 0.113. The first kappa shape index (κ1) is 11.3. The predicted molar refractivity (Wildman–Crippen MR) is 63.6 cm³/mol. The summed E-state index contributed by atoms with van der Waals surface area (Å²) in [4.78, 5) is 2.07. The number of hydrogen-bond acceptors (Lipinski definition) is 3. The van der Waals surface area contributed by atoms with E-state index >= 15 is 0 Å². The summed E-state index contributed by atoms with van der Waals surface area (Å²) in [5.74, 6) is 1.76. The average molecular weight is 220 g/mol. The smallest absolute Gasteiger partial charge is 0.120 e. The molecule has 2 rings (SSSR count). The molecule has 0 aromatic heterocycles. The van der Waals surface area contributed by atoms with E-state index in [-0.39, 0.29) is 6.10 Å². The van der Waals surface area contributed by atoms with Crippen LogP contribution >= 0.6 is 0 Å². The minimum Gasteiger partial charge on any atom is -0.497 e. The van der Waals surface area contributed by atoms with Gasteiger partial charge in [0, 0.05) is 6.54 Å². The highest BCUT2D eigenvalue weighted by Crippen LogP contribution is 2.21. The Morgan fingerprint density at radius 3 is 2.56 bits per heavy atom. The second kappa shape index (κ2) is 5.21. The van der Waals surface area contributed by atoms with Gasteiger partial charge in [-0.3, -0.25) is 7.05 Å². The fraction of sp³-hybridized carbons (Fsp3) is 0.462. The first-order valence-corrected chi connectivity index (χ1v) is 5.64. The van der Waals surface area contributed by atoms with Crippen molar-refractivity contribution < 1.29 is 9.47 Å². The molecule has 0 saturated carbocycles. The van der Waals surface area contributed by atoms with Crippen LogP contribution in [0.5, 0.6) is 11.5 Å². The SMILES string of the molecule is [CH2-]N1CCCC(Oc2ccc(OC)cc2)C1. The second-order valence-electron chi connectivity index (χ2n) is 4.13. The quantitative estimate of drug-likeness (QED) is 0.730. The first-order chi connectivity index (χ1) is 7.78. The summed E-state index contributed by atoms with van der Waals surface area (Å²) in [6.45, 7) is 1.98. The Kier molecular flexibility index (Phi) is 3.67. The number of likely N-dealkylation sites (tertiary alicyclic amines) is 1. The van der Waals surface area contributed by atoms with Crippen LogP contribution in [0.25, 0.3) is 0 Å². The molecule has 3 nitrogen and oxygen atoms in total. The van der Waals surface area contributed by atoms with Gasteiger partial charge < -0.3 is 14.4 Å². The van der Waals surface area contributed by atoms with E-state index in [0.29, 0.717) is 0 Å². The summed E-state index contributed by atoms with van der Waals surface area (Å²) < 4.78 is 11.0. The van der Waals surface area contributed by atoms with Crippen molar-refractivity contribution in [3.63, 3.8) is 0 Å². The average Bonchev–Trinajstić information content (AvgIpc) is 2.30. The topological polar surface area (TPSA) is 21.7 Å². The lowest BCUT2D eigenvalue weighted by Gasteiger charge is -2.35. The van der Waals surface area contributed by atoms with E-state index in [1.165, 1.54) is 0 Å². The van der Waals surface area contributed by atoms with Crippen LogP contribution < -0.4 is 9.47 Å². The van der Waals surface area contributed by atoms with Crippen molar-refractivity contribution in [2.45, 2.75) is 18.9 Å². The summed E-state index contributed by atoms with van der Waals surface area (Å²) in [6, 6.07) is 7.72. The molecule has 0 spiro atoms. The van der Waals surface area contributed by atoms with Crippen molar-refractivity contribution in [1.82, 2.24) is 4.90 Å². The van der Waals surface area contributed by atoms with Crippen LogP contribution in [0.2, 0.25) is 0 Å². The molecule has 1 fully saturated rings. The molecule has 0 radical (unpaired) electrons. The maximum atomic E-state index is 5.89. The van der Waals surface area contributed by atoms with Crippen LogP contribution in [-0.2, 0) is 0 Å². The lowest BCUT2D eigenvalue weighted by Crippen LogP contribution is -2.37. The number of methoxy groups -OCH3 is 1. The zero-order chi connectivity index (χ0) is 11.4. The Hall–Kier alpha value is -1.22. The van der Waals surface area contributed by atoms with Crippen LogP contribution in [-0.4, -0.2) is 31.2 Å². The Morgan fingerprint density at radius 2 is 1.94 bits per heavy atom. The van der Waals surface area contributed by atoms with E-state index in [1.807, 2.05) is 24.3 Å². The summed E-state index contributed by atoms with van der Waals surface area (Å²) in [7, 11) is 5.61. The highest BCUT2D eigenvalue weighted by atomic mass is 16.5. The monoisotopic (exact) mass is 220 g/mol. The maximum absolute atomic E-state index is 5.89. The van der Waals surface area contributed by atoms with Crippen LogP contribution in [0.15, 0.2) is 24.3 Å². The number of hydrogen-bond donors (Lipinski definition) is 0. The molecule has 0 amide bonds. The van der Waals surface area contributed by atoms with Crippen molar-refractivity contribution in [2.24, 2.45) is 0 Å². The Balaban J connectivity index is 1.92. The molecule has 0 bridgehead atoms. The van der Waals surface area contributed by atoms with Gasteiger partial charge in [-0.1, -0.05) is 0 Å². The van der Waals surface area contributed by atoms with Gasteiger partial charge in [-0.05, 0) is 43.7 Å². The van der Waals surface area contributed by atoms with Gasteiger partial charge in [0.2, 0.25) is 0 Å². The summed E-state index contributed by atoms with van der Waals surface area (Å²) in [5, 5.41) is 0. The largest absolute Gasteiger partial charge is 0.497 e. The van der Waals surface area contributed by atoms with Gasteiger partial charge >= 0.3 is 0 Å². The fourth-order valence-electron chi connectivity index (χ4n) is 1.96. The highest BCUT2D eigenvalue weighted by Gasteiger charge is 2.15. The third-order valence-corrected chi connectivity index (χ3v) is 2.82. The van der Waals surface area contributed by atoms with Crippen molar-refractivity contribution >= 4 is 0 Å². The third kappa shape index (κ3) is 2.89. The second-order valence-corrected chi connectivity index (χ2v) is 4.13. The van der Waals surface area contributed by atoms with E-state index in [2.05, 4.69) is 11.9 Å². The minimum absolute atomic E-state index is 0.264. The number of rotatable bonds is 3. The van der Waals surface area contributed by atoms with Gasteiger partial charge in [0.25, 0.3) is 0 Å². The molecule has 1 aromatic carbocycles. The van der Waals surface area contributed by atoms with Crippen molar-refractivity contribution in [1.29, 1.82) is 0 Å². The lowest BCUT2D eigenvalue weighted by atomic mass is 10.1. The van der Waals surface area contributed by atoms with Crippen LogP contribution in [0.4, 0.5) is 0 Å². The standard InChI is InChI=1S/C13H18NO2/c1-14-9-3-4-13(10-14)16-12-7-5-11(15-2)6-8-12/h5-8,13H,1,3-4,9-10H2,2H3/q-1. The molecule has 1 aliphatic rings. The number of piperidine rings is 1. The zero-order valence-corrected chi connectivity index (χ0v) is 9.69. The van der Waals surface area contributed by atoms with Gasteiger partial charge in [-0.2, -0.15) is 0 Å². The number of ether oxygens (including phenoxy) is 2. The molecule has 1 aromatic rings. The number of benzene rings is 1. The normalized spacial score (nSPS) is 21.8. The molecule has 1 aliphatic heterocycles. The molecule has 3 heteroatoms. The van der Waals surface area contributed by atoms with Crippen molar-refractivity contribution in [3.05, 3.63) is 31.3 Å². The summed E-state index contributed by atoms with van der Waals surface area (Å²) in [6.07, 6.45) is 2.53. The molecular formula is C13H18NO2-. The Morgan fingerprint density at radius 1 is 1.25 bits per heavy atom. The zero-order valence-electron chi connectivity index (χ0n) is 9.69. The van der Waals surface area contributed by atoms with Crippen molar-refractivity contribution in [2.75, 3.05) is 20.2 Å². The van der Waals surface area contributed by atoms with E-state index < -0.39 is 0 Å². The molecule has 0 N–H and O–H groups in total. The fourth-order valence-corrected chi connectivity index (χ4v) is 1.96. The minimum atomic E-state index is 0.264. The molecule has 16 heavy (non-hydrogen) atoms. The maximum Gasteiger partial charge on any atom is 0.120 e. The highest BCUT2D eigenvalue weighted by molar-refractivity contribution is 5.31. The summed E-state index contributed by atoms with van der Waals surface area (Å²) in [5.41, 5.74) is 0. The van der Waals surface area contributed by atoms with Gasteiger partial charge in [-0.25, -0.2) is 0 Å². The van der Waals surface area contributed by atoms with Crippen LogP contribution in [0.3, 0.4) is 0 Å². The third-order valence-electron chi connectivity index (χ3n) is 2.82. The molecule has 1 atom stereocenters. The van der Waals surface area contributed by atoms with E-state index in [0.717, 1.165) is 37.4 Å². The van der Waals surface area contributed by atoms with Gasteiger partial charge in [0.1, 0.15) is 17.6 Å². The Bertz CT molecular complexity index is 323. The summed E-state index contributed by atoms with van der Waals surface area (Å²) >= 11 is 0.